The quantitative estimate of drug-likeness (QED) is 0.0283. The number of methoxy groups -OCH3 is 1. The Morgan fingerprint density at radius 2 is 1.19 bits per heavy atom. The summed E-state index contributed by atoms with van der Waals surface area (Å²) >= 11 is 9.45. The zero-order chi connectivity index (χ0) is 50.3. The molecule has 0 aliphatic carbocycles. The molecule has 1 aromatic heterocycles. The Morgan fingerprint density at radius 3 is 1.66 bits per heavy atom. The molecule has 2 aliphatic heterocycles. The number of carbonyl (C=O) groups excluding carboxylic acids is 3. The average molecular weight is 1020 g/mol. The highest BCUT2D eigenvalue weighted by atomic mass is 35.5. The van der Waals surface area contributed by atoms with Crippen LogP contribution in [0.5, 0.6) is 5.75 Å². The van der Waals surface area contributed by atoms with Gasteiger partial charge in [-0.3, -0.25) is 14.4 Å². The van der Waals surface area contributed by atoms with Crippen molar-refractivity contribution in [2.45, 2.75) is 35.6 Å². The number of aromatic nitrogens is 1. The predicted molar refractivity (Wildman–Crippen MR) is 287 cm³/mol. The number of esters is 1. The van der Waals surface area contributed by atoms with Crippen LogP contribution in [0, 0.1) is 5.41 Å². The van der Waals surface area contributed by atoms with Gasteiger partial charge >= 0.3 is 5.97 Å². The third-order valence-corrected chi connectivity index (χ3v) is 16.0. The van der Waals surface area contributed by atoms with Crippen LogP contribution in [0.3, 0.4) is 0 Å². The van der Waals surface area contributed by atoms with E-state index in [-0.39, 0.29) is 36.4 Å². The van der Waals surface area contributed by atoms with Crippen LogP contribution >= 0.6 is 34.7 Å². The summed E-state index contributed by atoms with van der Waals surface area (Å²) in [6.45, 7) is -0.233. The highest BCUT2D eigenvalue weighted by molar-refractivity contribution is 8.14. The third kappa shape index (κ3) is 9.59. The van der Waals surface area contributed by atoms with E-state index in [0.29, 0.717) is 16.6 Å². The van der Waals surface area contributed by atoms with Gasteiger partial charge in [0.2, 0.25) is 17.4 Å². The fourth-order valence-electron chi connectivity index (χ4n) is 9.53. The Morgan fingerprint density at radius 1 is 0.712 bits per heavy atom. The highest BCUT2D eigenvalue weighted by Gasteiger charge is 2.61. The summed E-state index contributed by atoms with van der Waals surface area (Å²) in [4.78, 5) is 56.3. The van der Waals surface area contributed by atoms with Crippen LogP contribution < -0.4 is 15.4 Å². The number of nitrogens with one attached hydrogen (secondary N) is 2. The zero-order valence-corrected chi connectivity index (χ0v) is 42.1. The zero-order valence-electron chi connectivity index (χ0n) is 39.7. The van der Waals surface area contributed by atoms with Crippen LogP contribution in [-0.2, 0) is 48.1 Å². The molecule has 2 amide bonds. The van der Waals surface area contributed by atoms with Gasteiger partial charge in [0.1, 0.15) is 34.4 Å². The number of fused-ring (bicyclic) bond motifs is 1. The second-order valence-electron chi connectivity index (χ2n) is 17.7. The average Bonchev–Trinajstić information content (AvgIpc) is 3.90. The Kier molecular flexibility index (Phi) is 14.4. The first-order valence-electron chi connectivity index (χ1n) is 23.7. The summed E-state index contributed by atoms with van der Waals surface area (Å²) in [5.74, 6) is -1.07. The van der Waals surface area contributed by atoms with E-state index in [9.17, 15) is 14.4 Å². The van der Waals surface area contributed by atoms with Crippen molar-refractivity contribution in [1.82, 2.24) is 15.2 Å². The Hall–Kier alpha value is -7.71. The summed E-state index contributed by atoms with van der Waals surface area (Å²) < 4.78 is 11.3. The number of oxime groups is 1. The number of amides is 2. The molecule has 2 fully saturated rings. The Balaban J connectivity index is 0.942. The maximum absolute atomic E-state index is 14.7. The van der Waals surface area contributed by atoms with Crippen LogP contribution in [0.1, 0.15) is 44.6 Å². The normalized spacial score (nSPS) is 18.0. The van der Waals surface area contributed by atoms with E-state index < -0.39 is 39.8 Å². The maximum atomic E-state index is 14.7. The molecule has 2 saturated heterocycles. The fourth-order valence-corrected chi connectivity index (χ4v) is 12.1. The monoisotopic (exact) mass is 1020 g/mol. The van der Waals surface area contributed by atoms with Crippen molar-refractivity contribution in [3.63, 3.8) is 0 Å². The molecule has 10 rings (SSSR count). The molecule has 3 heterocycles. The second-order valence-corrected chi connectivity index (χ2v) is 20.0. The van der Waals surface area contributed by atoms with Gasteiger partial charge in [-0.15, -0.1) is 22.9 Å². The Bertz CT molecular complexity index is 3000. The minimum absolute atomic E-state index is 0.0715. The summed E-state index contributed by atoms with van der Waals surface area (Å²) in [7, 11) is 1.58. The number of hydrogen-bond donors (Lipinski definition) is 2. The van der Waals surface area contributed by atoms with Crippen molar-refractivity contribution >= 4 is 62.7 Å². The number of alkyl halides is 1. The standard InChI is InChI=1S/C59H50ClN5O6S2/c1-69-49-34-32-41(33-35-49)37-70-55(68)57(39-60)40-65-52(67)51(53(65)73-54(57)64-71-59(45-26-14-5-15-27-45,46-28-16-6-17-29-46)47-30-18-7-19-31-47)62-50(66)36-48-38-72-56(61-48)63-58(42-20-8-2-9-21-42,43-22-10-3-11-23-43)44-24-12-4-13-25-44/h2-35,38,51,53H,36-37,39-40H2,1H3,(H,61,63)(H,62,66)/t51?,53-,57?/m1/s1. The summed E-state index contributed by atoms with van der Waals surface area (Å²) in [6, 6.07) is 66.1. The lowest BCUT2D eigenvalue weighted by Crippen LogP contribution is -2.75. The minimum Gasteiger partial charge on any atom is -0.497 e. The van der Waals surface area contributed by atoms with Crippen molar-refractivity contribution in [2.24, 2.45) is 10.6 Å². The van der Waals surface area contributed by atoms with E-state index in [0.717, 1.165) is 50.7 Å². The van der Waals surface area contributed by atoms with E-state index in [4.69, 9.17) is 36.1 Å². The molecule has 2 unspecified atom stereocenters. The second kappa shape index (κ2) is 21.6. The van der Waals surface area contributed by atoms with Gasteiger partial charge in [-0.05, 0) is 34.4 Å². The third-order valence-electron chi connectivity index (χ3n) is 13.3. The maximum Gasteiger partial charge on any atom is 0.322 e. The number of carbonyl (C=O) groups is 3. The molecule has 366 valence electrons. The van der Waals surface area contributed by atoms with Gasteiger partial charge < -0.3 is 29.8 Å². The molecule has 3 atom stereocenters. The molecule has 11 nitrogen and oxygen atoms in total. The number of thiazole rings is 1. The predicted octanol–water partition coefficient (Wildman–Crippen LogP) is 10.8. The summed E-state index contributed by atoms with van der Waals surface area (Å²) in [6.07, 6.45) is -0.0878. The van der Waals surface area contributed by atoms with Crippen molar-refractivity contribution in [3.8, 4) is 5.75 Å². The lowest BCUT2D eigenvalue weighted by atomic mass is 9.77. The number of halogens is 1. The van der Waals surface area contributed by atoms with Crippen molar-refractivity contribution in [2.75, 3.05) is 24.9 Å². The van der Waals surface area contributed by atoms with Crippen molar-refractivity contribution in [1.29, 1.82) is 0 Å². The minimum atomic E-state index is -1.64. The number of β-lactam (4-membered cyclic amide) rings is 1. The van der Waals surface area contributed by atoms with Crippen LogP contribution in [0.2, 0.25) is 0 Å². The van der Waals surface area contributed by atoms with E-state index in [1.165, 1.54) is 11.3 Å². The number of thioether (sulfide) groups is 1. The fraction of sp³-hybridized carbons (Fsp3) is 0.169. The molecule has 7 aromatic carbocycles. The topological polar surface area (TPSA) is 131 Å². The Labute approximate surface area is 437 Å². The number of hydrogen-bond acceptors (Lipinski definition) is 11. The van der Waals surface area contributed by atoms with Crippen molar-refractivity contribution in [3.05, 3.63) is 256 Å². The van der Waals surface area contributed by atoms with Gasteiger partial charge in [-0.2, -0.15) is 0 Å². The largest absolute Gasteiger partial charge is 0.497 e. The molecule has 0 bridgehead atoms. The molecule has 0 spiro atoms. The lowest BCUT2D eigenvalue weighted by Gasteiger charge is -2.53. The molecule has 0 saturated carbocycles. The van der Waals surface area contributed by atoms with Gasteiger partial charge in [-0.1, -0.05) is 211 Å². The van der Waals surface area contributed by atoms with Gasteiger partial charge in [-0.25, -0.2) is 4.98 Å². The molecular weight excluding hydrogens is 974 g/mol. The van der Waals surface area contributed by atoms with Gasteiger partial charge in [0.05, 0.1) is 19.2 Å². The molecule has 14 heteroatoms. The molecule has 8 aromatic rings. The first-order valence-corrected chi connectivity index (χ1v) is 26.0. The van der Waals surface area contributed by atoms with Crippen LogP contribution in [0.25, 0.3) is 0 Å². The number of anilines is 1. The molecular formula is C59H50ClN5O6S2. The molecule has 2 aliphatic rings. The smallest absolute Gasteiger partial charge is 0.322 e. The first kappa shape index (κ1) is 48.9. The number of benzene rings is 7. The van der Waals surface area contributed by atoms with Crippen molar-refractivity contribution < 1.29 is 28.7 Å². The first-order chi connectivity index (χ1) is 35.8. The summed E-state index contributed by atoms with van der Waals surface area (Å²) in [5.41, 5.74) is 2.90. The molecule has 73 heavy (non-hydrogen) atoms. The van der Waals surface area contributed by atoms with Gasteiger partial charge in [0, 0.05) is 34.5 Å². The SMILES string of the molecule is COc1ccc(COC(=O)C2(CCl)CN3C(=O)C(NC(=O)Cc4csc(NC(c5ccccc5)(c5ccccc5)c5ccccc5)n4)[C@H]3SC2=NOC(c2ccccc2)(c2ccccc2)c2ccccc2)cc1. The van der Waals surface area contributed by atoms with E-state index in [1.54, 1.807) is 36.3 Å². The molecule has 2 N–H and O–H groups in total. The highest BCUT2D eigenvalue weighted by Crippen LogP contribution is 2.48. The van der Waals surface area contributed by atoms with E-state index in [1.807, 2.05) is 151 Å². The number of nitrogens with zero attached hydrogens (tertiary/aromatic N) is 3. The van der Waals surface area contributed by atoms with Gasteiger partial charge in [0.15, 0.2) is 10.5 Å². The number of ether oxygens (including phenoxy) is 2. The molecule has 0 radical (unpaired) electrons. The van der Waals surface area contributed by atoms with Crippen LogP contribution in [0.4, 0.5) is 5.13 Å². The van der Waals surface area contributed by atoms with Crippen LogP contribution in [-0.4, -0.2) is 63.7 Å². The number of rotatable bonds is 18. The van der Waals surface area contributed by atoms with E-state index >= 15 is 0 Å². The summed E-state index contributed by atoms with van der Waals surface area (Å²) in [5, 5.41) is 13.7. The van der Waals surface area contributed by atoms with E-state index in [2.05, 4.69) is 47.0 Å². The van der Waals surface area contributed by atoms with Gasteiger partial charge in [0.25, 0.3) is 0 Å². The lowest BCUT2D eigenvalue weighted by molar-refractivity contribution is -0.159. The van der Waals surface area contributed by atoms with Crippen LogP contribution in [0.15, 0.2) is 217 Å².